The van der Waals surface area contributed by atoms with Crippen molar-refractivity contribution in [1.82, 2.24) is 20.0 Å². The van der Waals surface area contributed by atoms with Crippen LogP contribution >= 0.6 is 0 Å². The van der Waals surface area contributed by atoms with Gasteiger partial charge < -0.3 is 4.74 Å². The van der Waals surface area contributed by atoms with E-state index in [9.17, 15) is 0 Å². The Hall–Kier alpha value is -2.69. The van der Waals surface area contributed by atoms with Gasteiger partial charge in [-0.3, -0.25) is 4.98 Å². The van der Waals surface area contributed by atoms with Gasteiger partial charge in [-0.1, -0.05) is 26.0 Å². The van der Waals surface area contributed by atoms with Gasteiger partial charge in [0, 0.05) is 18.8 Å². The van der Waals surface area contributed by atoms with Crippen LogP contribution < -0.4 is 0 Å². The number of pyridine rings is 1. The van der Waals surface area contributed by atoms with Crippen LogP contribution in [0.1, 0.15) is 64.9 Å². The molecule has 0 N–H and O–H groups in total. The second-order valence-corrected chi connectivity index (χ2v) is 10.8. The summed E-state index contributed by atoms with van der Waals surface area (Å²) in [5.74, 6) is 3.08. The Morgan fingerprint density at radius 3 is 2.70 bits per heavy atom. The van der Waals surface area contributed by atoms with Crippen molar-refractivity contribution in [3.8, 4) is 0 Å². The second kappa shape index (κ2) is 7.68. The molecule has 172 valence electrons. The molecule has 2 heterocycles. The van der Waals surface area contributed by atoms with Gasteiger partial charge in [0.15, 0.2) is 0 Å². The van der Waals surface area contributed by atoms with Crippen LogP contribution in [0.5, 0.6) is 0 Å². The Bertz CT molecular complexity index is 1130. The van der Waals surface area contributed by atoms with Crippen LogP contribution in [0.15, 0.2) is 60.4 Å². The van der Waals surface area contributed by atoms with Crippen LogP contribution in [0.25, 0.3) is 11.3 Å². The van der Waals surface area contributed by atoms with Gasteiger partial charge in [-0.25, -0.2) is 0 Å². The largest absolute Gasteiger partial charge is 0.498 e. The smallest absolute Gasteiger partial charge is 0.0963 e. The first-order chi connectivity index (χ1) is 16.0. The molecule has 0 aliphatic heterocycles. The summed E-state index contributed by atoms with van der Waals surface area (Å²) in [7, 11) is 0. The molecule has 5 nitrogen and oxygen atoms in total. The zero-order valence-corrected chi connectivity index (χ0v) is 20.0. The number of hydrogen-bond acceptors (Lipinski definition) is 4. The maximum atomic E-state index is 5.99. The van der Waals surface area contributed by atoms with Crippen LogP contribution in [-0.4, -0.2) is 26.6 Å². The molecule has 0 saturated heterocycles. The first-order valence-electron chi connectivity index (χ1n) is 12.6. The van der Waals surface area contributed by atoms with E-state index < -0.39 is 0 Å². The minimum absolute atomic E-state index is 0.144. The van der Waals surface area contributed by atoms with Gasteiger partial charge >= 0.3 is 0 Å². The van der Waals surface area contributed by atoms with Crippen molar-refractivity contribution < 1.29 is 4.74 Å². The van der Waals surface area contributed by atoms with Crippen molar-refractivity contribution in [2.24, 2.45) is 28.6 Å². The van der Waals surface area contributed by atoms with E-state index in [-0.39, 0.29) is 10.8 Å². The summed E-state index contributed by atoms with van der Waals surface area (Å²) in [6.45, 7) is 7.82. The monoisotopic (exact) mass is 442 g/mol. The Balaban J connectivity index is 1.43. The average molecular weight is 443 g/mol. The fourth-order valence-corrected chi connectivity index (χ4v) is 7.79. The zero-order chi connectivity index (χ0) is 22.6. The van der Waals surface area contributed by atoms with Gasteiger partial charge in [0.05, 0.1) is 30.5 Å². The molecule has 5 heteroatoms. The molecule has 2 aromatic heterocycles. The van der Waals surface area contributed by atoms with E-state index in [2.05, 4.69) is 60.2 Å². The van der Waals surface area contributed by atoms with Crippen molar-refractivity contribution >= 4 is 11.3 Å². The number of aromatic nitrogens is 4. The van der Waals surface area contributed by atoms with E-state index in [0.717, 1.165) is 38.0 Å². The summed E-state index contributed by atoms with van der Waals surface area (Å²) >= 11 is 0. The highest BCUT2D eigenvalue weighted by Crippen LogP contribution is 2.67. The van der Waals surface area contributed by atoms with Crippen LogP contribution in [0.2, 0.25) is 0 Å². The van der Waals surface area contributed by atoms with Gasteiger partial charge in [-0.2, -0.15) is 15.0 Å². The molecule has 4 unspecified atom stereocenters. The topological polar surface area (TPSA) is 52.8 Å². The fourth-order valence-electron chi connectivity index (χ4n) is 7.79. The normalized spacial score (nSPS) is 35.3. The summed E-state index contributed by atoms with van der Waals surface area (Å²) < 4.78 is 5.99. The Labute approximate surface area is 196 Å². The third-order valence-corrected chi connectivity index (χ3v) is 9.35. The number of hydrogen-bond donors (Lipinski definition) is 0. The Morgan fingerprint density at radius 2 is 1.94 bits per heavy atom. The highest BCUT2D eigenvalue weighted by molar-refractivity contribution is 5.73. The van der Waals surface area contributed by atoms with Gasteiger partial charge in [0.1, 0.15) is 0 Å². The lowest BCUT2D eigenvalue weighted by Crippen LogP contribution is -2.49. The van der Waals surface area contributed by atoms with Gasteiger partial charge in [0.2, 0.25) is 0 Å². The summed E-state index contributed by atoms with van der Waals surface area (Å²) in [4.78, 5) is 6.32. The lowest BCUT2D eigenvalue weighted by Gasteiger charge is -2.57. The van der Waals surface area contributed by atoms with Crippen molar-refractivity contribution in [2.75, 3.05) is 6.61 Å². The first kappa shape index (κ1) is 20.9. The van der Waals surface area contributed by atoms with E-state index in [0.29, 0.717) is 17.8 Å². The van der Waals surface area contributed by atoms with Gasteiger partial charge in [-0.15, -0.1) is 0 Å². The molecule has 33 heavy (non-hydrogen) atoms. The summed E-state index contributed by atoms with van der Waals surface area (Å²) in [5, 5.41) is 9.18. The standard InChI is InChI=1S/C28H34N4O/c1-4-33-20-9-11-28(3)24-10-12-27(2)22(19-6-5-13-29-18-19)7-8-23(27)21(24)17-26(25(28)16-20)32-30-14-15-31-32/h5-7,13-16,18,21,23-24H,4,8-12,17H2,1-3H3/t21?,23?,24-,27?,28?/m0/s1. The number of fused-ring (bicyclic) bond motifs is 5. The molecule has 6 rings (SSSR count). The summed E-state index contributed by atoms with van der Waals surface area (Å²) in [5.41, 5.74) is 5.86. The van der Waals surface area contributed by atoms with E-state index in [4.69, 9.17) is 4.74 Å². The van der Waals surface area contributed by atoms with Crippen molar-refractivity contribution in [2.45, 2.75) is 59.3 Å². The lowest BCUT2D eigenvalue weighted by atomic mass is 9.47. The van der Waals surface area contributed by atoms with E-state index >= 15 is 0 Å². The van der Waals surface area contributed by atoms with Gasteiger partial charge in [-0.05, 0) is 96.5 Å². The Kier molecular flexibility index (Phi) is 4.86. The fraction of sp³-hybridized carbons (Fsp3) is 0.536. The van der Waals surface area contributed by atoms with Crippen molar-refractivity contribution in [3.05, 3.63) is 66.0 Å². The predicted octanol–water partition coefficient (Wildman–Crippen LogP) is 6.14. The van der Waals surface area contributed by atoms with Crippen LogP contribution in [-0.2, 0) is 4.74 Å². The third-order valence-electron chi connectivity index (χ3n) is 9.35. The molecule has 2 aromatic rings. The molecule has 0 aromatic carbocycles. The van der Waals surface area contributed by atoms with Crippen LogP contribution in [0.4, 0.5) is 0 Å². The second-order valence-electron chi connectivity index (χ2n) is 10.8. The molecular formula is C28H34N4O. The molecule has 0 spiro atoms. The quantitative estimate of drug-likeness (QED) is 0.570. The third kappa shape index (κ3) is 3.08. The van der Waals surface area contributed by atoms with Crippen molar-refractivity contribution in [1.29, 1.82) is 0 Å². The number of rotatable bonds is 4. The maximum Gasteiger partial charge on any atom is 0.0963 e. The average Bonchev–Trinajstić information content (AvgIpc) is 3.47. The molecule has 0 amide bonds. The molecule has 0 radical (unpaired) electrons. The minimum atomic E-state index is 0.144. The lowest BCUT2D eigenvalue weighted by molar-refractivity contribution is -0.00398. The van der Waals surface area contributed by atoms with Crippen LogP contribution in [0.3, 0.4) is 0 Å². The minimum Gasteiger partial charge on any atom is -0.498 e. The number of ether oxygens (including phenoxy) is 1. The molecule has 4 aliphatic rings. The number of allylic oxidation sites excluding steroid dienone is 6. The van der Waals surface area contributed by atoms with Crippen molar-refractivity contribution in [3.63, 3.8) is 0 Å². The summed E-state index contributed by atoms with van der Waals surface area (Å²) in [6, 6.07) is 4.31. The highest BCUT2D eigenvalue weighted by atomic mass is 16.5. The van der Waals surface area contributed by atoms with E-state index in [1.165, 1.54) is 35.2 Å². The molecule has 0 bridgehead atoms. The highest BCUT2D eigenvalue weighted by Gasteiger charge is 2.58. The number of nitrogens with zero attached hydrogens (tertiary/aromatic N) is 4. The maximum absolute atomic E-state index is 5.99. The Morgan fingerprint density at radius 1 is 1.09 bits per heavy atom. The molecule has 4 aliphatic carbocycles. The zero-order valence-electron chi connectivity index (χ0n) is 20.0. The van der Waals surface area contributed by atoms with E-state index in [1.54, 1.807) is 12.4 Å². The SMILES string of the molecule is CCOC1=CC2=C(n3nccn3)CC3C4CC=C(c5cccnc5)C4(C)CC[C@@H]3C2(C)CC1. The van der Waals surface area contributed by atoms with Crippen LogP contribution in [0, 0.1) is 28.6 Å². The van der Waals surface area contributed by atoms with E-state index in [1.807, 2.05) is 17.2 Å². The van der Waals surface area contributed by atoms with Gasteiger partial charge in [0.25, 0.3) is 0 Å². The molecular weight excluding hydrogens is 408 g/mol. The molecule has 1 saturated carbocycles. The molecule has 1 fully saturated rings. The summed E-state index contributed by atoms with van der Waals surface area (Å²) in [6.07, 6.45) is 19.3. The molecule has 5 atom stereocenters. The first-order valence-corrected chi connectivity index (χ1v) is 12.6. The predicted molar refractivity (Wildman–Crippen MR) is 130 cm³/mol.